The molecule has 0 radical (unpaired) electrons. The van der Waals surface area contributed by atoms with Gasteiger partial charge in [0.05, 0.1) is 11.0 Å². The number of non-ortho nitro benzene ring substituents is 1. The molecule has 90 valence electrons. The van der Waals surface area contributed by atoms with Gasteiger partial charge in [-0.3, -0.25) is 20.2 Å². The molecule has 7 heteroatoms. The normalized spacial score (nSPS) is 18.9. The molecule has 2 rings (SSSR count). The standard InChI is InChI=1S/C10H11N3O3S/c14-10(9-5-17-6-11-9)12-7-1-3-8(4-2-7)13(15)16/h1-4,9,11H,5-6H2,(H,12,14)/t9-/m0/s1. The number of benzene rings is 1. The first-order chi connectivity index (χ1) is 8.16. The van der Waals surface area contributed by atoms with Gasteiger partial charge in [0.25, 0.3) is 5.69 Å². The molecule has 0 saturated carbocycles. The van der Waals surface area contributed by atoms with Gasteiger partial charge in [-0.15, -0.1) is 11.8 Å². The molecule has 0 bridgehead atoms. The predicted molar refractivity (Wildman–Crippen MR) is 66.0 cm³/mol. The van der Waals surface area contributed by atoms with Crippen molar-refractivity contribution in [2.75, 3.05) is 16.9 Å². The number of hydrogen-bond acceptors (Lipinski definition) is 5. The van der Waals surface area contributed by atoms with Crippen LogP contribution in [-0.4, -0.2) is 28.5 Å². The van der Waals surface area contributed by atoms with E-state index in [0.717, 1.165) is 11.6 Å². The third-order valence-corrected chi connectivity index (χ3v) is 3.32. The summed E-state index contributed by atoms with van der Waals surface area (Å²) < 4.78 is 0. The van der Waals surface area contributed by atoms with E-state index in [1.807, 2.05) is 0 Å². The Hall–Kier alpha value is -1.60. The fourth-order valence-electron chi connectivity index (χ4n) is 1.46. The van der Waals surface area contributed by atoms with Crippen LogP contribution in [0.1, 0.15) is 0 Å². The van der Waals surface area contributed by atoms with E-state index in [9.17, 15) is 14.9 Å². The van der Waals surface area contributed by atoms with Gasteiger partial charge in [0, 0.05) is 29.4 Å². The van der Waals surface area contributed by atoms with Crippen LogP contribution in [0.5, 0.6) is 0 Å². The van der Waals surface area contributed by atoms with Gasteiger partial charge in [0.15, 0.2) is 0 Å². The molecule has 6 nitrogen and oxygen atoms in total. The smallest absolute Gasteiger partial charge is 0.269 e. The summed E-state index contributed by atoms with van der Waals surface area (Å²) in [5.41, 5.74) is 0.580. The molecule has 1 aliphatic rings. The van der Waals surface area contributed by atoms with Gasteiger partial charge >= 0.3 is 0 Å². The first kappa shape index (κ1) is 11.9. The lowest BCUT2D eigenvalue weighted by Gasteiger charge is -2.09. The van der Waals surface area contributed by atoms with Crippen molar-refractivity contribution in [3.8, 4) is 0 Å². The monoisotopic (exact) mass is 253 g/mol. The number of anilines is 1. The maximum atomic E-state index is 11.7. The highest BCUT2D eigenvalue weighted by Gasteiger charge is 2.22. The van der Waals surface area contributed by atoms with Crippen LogP contribution in [0.4, 0.5) is 11.4 Å². The molecule has 2 N–H and O–H groups in total. The van der Waals surface area contributed by atoms with Crippen LogP contribution in [-0.2, 0) is 4.79 Å². The van der Waals surface area contributed by atoms with Gasteiger partial charge in [0.1, 0.15) is 0 Å². The Labute approximate surface area is 102 Å². The molecule has 1 aromatic rings. The van der Waals surface area contributed by atoms with E-state index in [4.69, 9.17) is 0 Å². The molecule has 17 heavy (non-hydrogen) atoms. The zero-order valence-corrected chi connectivity index (χ0v) is 9.70. The molecule has 1 aromatic carbocycles. The van der Waals surface area contributed by atoms with E-state index in [1.165, 1.54) is 24.3 Å². The molecule has 0 spiro atoms. The second kappa shape index (κ2) is 5.15. The minimum absolute atomic E-state index is 0.0116. The summed E-state index contributed by atoms with van der Waals surface area (Å²) in [4.78, 5) is 21.7. The Morgan fingerprint density at radius 3 is 2.71 bits per heavy atom. The van der Waals surface area contributed by atoms with Crippen LogP contribution in [0, 0.1) is 10.1 Å². The zero-order chi connectivity index (χ0) is 12.3. The average molecular weight is 253 g/mol. The van der Waals surface area contributed by atoms with Crippen LogP contribution in [0.25, 0.3) is 0 Å². The Morgan fingerprint density at radius 2 is 2.18 bits per heavy atom. The number of amides is 1. The highest BCUT2D eigenvalue weighted by molar-refractivity contribution is 7.99. The number of carbonyl (C=O) groups is 1. The third-order valence-electron chi connectivity index (χ3n) is 2.38. The summed E-state index contributed by atoms with van der Waals surface area (Å²) in [5.74, 6) is 1.42. The summed E-state index contributed by atoms with van der Waals surface area (Å²) >= 11 is 1.67. The van der Waals surface area contributed by atoms with Crippen LogP contribution >= 0.6 is 11.8 Å². The zero-order valence-electron chi connectivity index (χ0n) is 8.88. The van der Waals surface area contributed by atoms with Crippen molar-refractivity contribution in [2.45, 2.75) is 6.04 Å². The maximum absolute atomic E-state index is 11.7. The molecule has 1 amide bonds. The molecule has 1 atom stereocenters. The number of carbonyl (C=O) groups excluding carboxylic acids is 1. The second-order valence-corrected chi connectivity index (χ2v) is 4.60. The maximum Gasteiger partial charge on any atom is 0.269 e. The topological polar surface area (TPSA) is 84.3 Å². The number of thioether (sulfide) groups is 1. The van der Waals surface area contributed by atoms with Crippen LogP contribution in [0.3, 0.4) is 0 Å². The number of nitrogens with zero attached hydrogens (tertiary/aromatic N) is 1. The van der Waals surface area contributed by atoms with Crippen molar-refractivity contribution in [1.82, 2.24) is 5.32 Å². The number of rotatable bonds is 3. The minimum atomic E-state index is -0.471. The number of nitrogens with one attached hydrogen (secondary N) is 2. The van der Waals surface area contributed by atoms with E-state index < -0.39 is 4.92 Å². The van der Waals surface area contributed by atoms with Gasteiger partial charge in [-0.25, -0.2) is 0 Å². The average Bonchev–Trinajstić information content (AvgIpc) is 2.83. The molecular weight excluding hydrogens is 242 g/mol. The number of nitro benzene ring substituents is 1. The van der Waals surface area contributed by atoms with Crippen molar-refractivity contribution in [2.24, 2.45) is 0 Å². The highest BCUT2D eigenvalue weighted by atomic mass is 32.2. The van der Waals surface area contributed by atoms with Gasteiger partial charge in [-0.2, -0.15) is 0 Å². The van der Waals surface area contributed by atoms with Crippen LogP contribution in [0.15, 0.2) is 24.3 Å². The first-order valence-corrected chi connectivity index (χ1v) is 6.19. The third kappa shape index (κ3) is 2.95. The quantitative estimate of drug-likeness (QED) is 0.624. The fourth-order valence-corrected chi connectivity index (χ4v) is 2.40. The predicted octanol–water partition coefficient (Wildman–Crippen LogP) is 1.20. The SMILES string of the molecule is O=C(Nc1ccc([N+](=O)[O-])cc1)[C@@H]1CSCN1. The highest BCUT2D eigenvalue weighted by Crippen LogP contribution is 2.16. The van der Waals surface area contributed by atoms with Gasteiger partial charge < -0.3 is 5.32 Å². The van der Waals surface area contributed by atoms with E-state index in [-0.39, 0.29) is 17.6 Å². The Balaban J connectivity index is 1.98. The van der Waals surface area contributed by atoms with Crippen molar-refractivity contribution in [1.29, 1.82) is 0 Å². The van der Waals surface area contributed by atoms with E-state index in [0.29, 0.717) is 5.69 Å². The van der Waals surface area contributed by atoms with Crippen molar-refractivity contribution in [3.63, 3.8) is 0 Å². The number of nitro groups is 1. The molecule has 1 aliphatic heterocycles. The summed E-state index contributed by atoms with van der Waals surface area (Å²) in [6, 6.07) is 5.60. The van der Waals surface area contributed by atoms with Crippen molar-refractivity contribution >= 4 is 29.0 Å². The number of hydrogen-bond donors (Lipinski definition) is 2. The molecule has 0 aliphatic carbocycles. The van der Waals surface area contributed by atoms with Gasteiger partial charge in [-0.05, 0) is 12.1 Å². The first-order valence-electron chi connectivity index (χ1n) is 5.03. The summed E-state index contributed by atoms with van der Waals surface area (Å²) in [6.07, 6.45) is 0. The minimum Gasteiger partial charge on any atom is -0.325 e. The van der Waals surface area contributed by atoms with Crippen molar-refractivity contribution in [3.05, 3.63) is 34.4 Å². The lowest BCUT2D eigenvalue weighted by Crippen LogP contribution is -2.37. The molecule has 1 fully saturated rings. The molecule has 1 saturated heterocycles. The fraction of sp³-hybridized carbons (Fsp3) is 0.300. The second-order valence-electron chi connectivity index (χ2n) is 3.57. The Morgan fingerprint density at radius 1 is 1.47 bits per heavy atom. The largest absolute Gasteiger partial charge is 0.325 e. The van der Waals surface area contributed by atoms with E-state index >= 15 is 0 Å². The Bertz CT molecular complexity index is 429. The van der Waals surface area contributed by atoms with Gasteiger partial charge in [0.2, 0.25) is 5.91 Å². The molecule has 0 aromatic heterocycles. The van der Waals surface area contributed by atoms with Crippen molar-refractivity contribution < 1.29 is 9.72 Å². The molecular formula is C10H11N3O3S. The Kier molecular flexibility index (Phi) is 3.60. The summed E-state index contributed by atoms with van der Waals surface area (Å²) in [5, 5.41) is 16.2. The lowest BCUT2D eigenvalue weighted by molar-refractivity contribution is -0.384. The van der Waals surface area contributed by atoms with Crippen LogP contribution in [0.2, 0.25) is 0 Å². The molecule has 1 heterocycles. The van der Waals surface area contributed by atoms with E-state index in [2.05, 4.69) is 10.6 Å². The molecule has 0 unspecified atom stereocenters. The lowest BCUT2D eigenvalue weighted by atomic mass is 10.2. The summed E-state index contributed by atoms with van der Waals surface area (Å²) in [6.45, 7) is 0. The summed E-state index contributed by atoms with van der Waals surface area (Å²) in [7, 11) is 0. The van der Waals surface area contributed by atoms with Gasteiger partial charge in [-0.1, -0.05) is 0 Å². The van der Waals surface area contributed by atoms with Crippen LogP contribution < -0.4 is 10.6 Å². The van der Waals surface area contributed by atoms with E-state index in [1.54, 1.807) is 11.8 Å².